The minimum Gasteiger partial charge on any atom is -0.483 e. The third-order valence-corrected chi connectivity index (χ3v) is 5.62. The van der Waals surface area contributed by atoms with Crippen molar-refractivity contribution in [2.45, 2.75) is 37.6 Å². The molecule has 7 heteroatoms. The Balaban J connectivity index is 1.79. The van der Waals surface area contributed by atoms with Gasteiger partial charge in [0.1, 0.15) is 12.3 Å². The molecule has 0 saturated heterocycles. The van der Waals surface area contributed by atoms with E-state index >= 15 is 0 Å². The molecule has 138 valence electrons. The van der Waals surface area contributed by atoms with Crippen LogP contribution >= 0.6 is 11.6 Å². The molecule has 4 atom stereocenters. The minimum absolute atomic E-state index is 0.0481. The third kappa shape index (κ3) is 2.72. The second-order valence-corrected chi connectivity index (χ2v) is 7.40. The number of Topliss-reactive ketones (excluding diaryl/α,β-unsaturated/α-hetero) is 1. The molecule has 5 nitrogen and oxygen atoms in total. The normalized spacial score (nSPS) is 31.0. The highest BCUT2D eigenvalue weighted by molar-refractivity contribution is 6.30. The van der Waals surface area contributed by atoms with Crippen molar-refractivity contribution in [1.82, 2.24) is 4.90 Å². The largest absolute Gasteiger partial charge is 0.483 e. The number of nitrogens with zero attached hydrogens (tertiary/aromatic N) is 1. The molecule has 2 aliphatic heterocycles. The number of carbonyl (C=O) groups excluding carboxylic acids is 2. The molecule has 1 amide bonds. The first-order valence-corrected chi connectivity index (χ1v) is 9.15. The van der Waals surface area contributed by atoms with Crippen LogP contribution in [0.1, 0.15) is 30.9 Å². The van der Waals surface area contributed by atoms with Gasteiger partial charge in [0.05, 0.1) is 24.1 Å². The molecule has 0 spiro atoms. The number of aliphatic hydroxyl groups excluding tert-OH is 1. The lowest BCUT2D eigenvalue weighted by Crippen LogP contribution is -2.42. The smallest absolute Gasteiger partial charge is 0.290 e. The number of β-amino-alcohol motifs (C(OH)–C–C–N with tert-alkyl or cyclic N) is 1. The average Bonchev–Trinajstić information content (AvgIpc) is 2.89. The summed E-state index contributed by atoms with van der Waals surface area (Å²) >= 11 is 6.09. The van der Waals surface area contributed by atoms with E-state index in [0.29, 0.717) is 23.4 Å². The number of ether oxygens (including phenoxy) is 1. The molecule has 3 aliphatic rings. The van der Waals surface area contributed by atoms with E-state index in [0.717, 1.165) is 0 Å². The fourth-order valence-electron chi connectivity index (χ4n) is 4.22. The fourth-order valence-corrected chi connectivity index (χ4v) is 4.42. The van der Waals surface area contributed by atoms with Crippen LogP contribution in [0.15, 0.2) is 35.6 Å². The van der Waals surface area contributed by atoms with Crippen molar-refractivity contribution >= 4 is 23.3 Å². The van der Waals surface area contributed by atoms with E-state index in [9.17, 15) is 19.1 Å². The van der Waals surface area contributed by atoms with Gasteiger partial charge in [0, 0.05) is 11.6 Å². The van der Waals surface area contributed by atoms with Gasteiger partial charge < -0.3 is 14.7 Å². The van der Waals surface area contributed by atoms with Crippen LogP contribution in [0.3, 0.4) is 0 Å². The lowest BCUT2D eigenvalue weighted by molar-refractivity contribution is -0.136. The number of fused-ring (bicyclic) bond motifs is 1. The molecule has 0 radical (unpaired) electrons. The number of hydrogen-bond donors (Lipinski definition) is 1. The van der Waals surface area contributed by atoms with Crippen molar-refractivity contribution < 1.29 is 23.8 Å². The summed E-state index contributed by atoms with van der Waals surface area (Å²) in [6.07, 6.45) is -0.601. The van der Waals surface area contributed by atoms with Gasteiger partial charge in [0.2, 0.25) is 0 Å². The first-order valence-electron chi connectivity index (χ1n) is 8.77. The number of rotatable bonds is 3. The van der Waals surface area contributed by atoms with Crippen LogP contribution in [0.4, 0.5) is 4.39 Å². The van der Waals surface area contributed by atoms with E-state index < -0.39 is 30.1 Å². The van der Waals surface area contributed by atoms with Crippen LogP contribution in [-0.4, -0.2) is 47.1 Å². The van der Waals surface area contributed by atoms with Crippen molar-refractivity contribution in [2.24, 2.45) is 5.92 Å². The Morgan fingerprint density at radius 2 is 2.12 bits per heavy atom. The number of alkyl halides is 1. The second-order valence-electron chi connectivity index (χ2n) is 6.96. The maximum atomic E-state index is 13.9. The summed E-state index contributed by atoms with van der Waals surface area (Å²) < 4.78 is 19.8. The van der Waals surface area contributed by atoms with E-state index in [1.165, 1.54) is 4.90 Å². The number of amides is 1. The van der Waals surface area contributed by atoms with Crippen LogP contribution in [-0.2, 0) is 14.3 Å². The van der Waals surface area contributed by atoms with E-state index in [-0.39, 0.29) is 36.7 Å². The highest BCUT2D eigenvalue weighted by Gasteiger charge is 2.52. The molecule has 1 saturated carbocycles. The van der Waals surface area contributed by atoms with Gasteiger partial charge in [0.15, 0.2) is 11.5 Å². The van der Waals surface area contributed by atoms with E-state index in [2.05, 4.69) is 0 Å². The maximum Gasteiger partial charge on any atom is 0.290 e. The molecular formula is C19H19ClFNO4. The quantitative estimate of drug-likeness (QED) is 0.876. The van der Waals surface area contributed by atoms with Gasteiger partial charge in [-0.05, 0) is 37.0 Å². The van der Waals surface area contributed by atoms with Gasteiger partial charge in [-0.1, -0.05) is 23.7 Å². The van der Waals surface area contributed by atoms with Gasteiger partial charge in [-0.2, -0.15) is 0 Å². The van der Waals surface area contributed by atoms with Gasteiger partial charge in [-0.3, -0.25) is 9.59 Å². The Bertz CT molecular complexity index is 795. The monoisotopic (exact) mass is 379 g/mol. The lowest BCUT2D eigenvalue weighted by atomic mass is 9.77. The summed E-state index contributed by atoms with van der Waals surface area (Å²) in [5.41, 5.74) is 0.938. The van der Waals surface area contributed by atoms with Crippen molar-refractivity contribution in [3.05, 3.63) is 46.2 Å². The van der Waals surface area contributed by atoms with Gasteiger partial charge in [-0.25, -0.2) is 4.39 Å². The Morgan fingerprint density at radius 3 is 2.85 bits per heavy atom. The lowest BCUT2D eigenvalue weighted by Gasteiger charge is -2.36. The van der Waals surface area contributed by atoms with Crippen LogP contribution in [0.25, 0.3) is 0 Å². The zero-order valence-electron chi connectivity index (χ0n) is 14.0. The number of benzene rings is 1. The zero-order valence-corrected chi connectivity index (χ0v) is 14.8. The molecular weight excluding hydrogens is 361 g/mol. The summed E-state index contributed by atoms with van der Waals surface area (Å²) in [4.78, 5) is 27.5. The fraction of sp³-hybridized carbons (Fsp3) is 0.474. The Hall–Kier alpha value is -1.92. The van der Waals surface area contributed by atoms with Gasteiger partial charge in [-0.15, -0.1) is 0 Å². The average molecular weight is 380 g/mol. The van der Waals surface area contributed by atoms with Crippen molar-refractivity contribution in [1.29, 1.82) is 0 Å². The Morgan fingerprint density at radius 1 is 1.31 bits per heavy atom. The minimum atomic E-state index is -1.03. The molecule has 26 heavy (non-hydrogen) atoms. The molecule has 2 heterocycles. The molecule has 4 rings (SSSR count). The summed E-state index contributed by atoms with van der Waals surface area (Å²) in [7, 11) is 0. The highest BCUT2D eigenvalue weighted by atomic mass is 35.5. The van der Waals surface area contributed by atoms with Crippen molar-refractivity contribution in [3.63, 3.8) is 0 Å². The van der Waals surface area contributed by atoms with E-state index in [4.69, 9.17) is 16.3 Å². The highest BCUT2D eigenvalue weighted by Crippen LogP contribution is 2.47. The zero-order chi connectivity index (χ0) is 18.4. The van der Waals surface area contributed by atoms with Crippen LogP contribution in [0, 0.1) is 5.92 Å². The van der Waals surface area contributed by atoms with E-state index in [1.54, 1.807) is 24.3 Å². The molecule has 1 fully saturated rings. The SMILES string of the molecule is O=C1C2=C(OC3CCC(F)CC13)C(=O)N(CCO)C2c1cccc(Cl)c1. The predicted molar refractivity (Wildman–Crippen MR) is 92.1 cm³/mol. The number of halogens is 2. The van der Waals surface area contributed by atoms with Gasteiger partial charge in [0.25, 0.3) is 5.91 Å². The summed E-state index contributed by atoms with van der Waals surface area (Å²) in [5.74, 6) is -1.15. The first kappa shape index (κ1) is 17.5. The number of aliphatic hydroxyl groups is 1. The molecule has 1 aromatic carbocycles. The van der Waals surface area contributed by atoms with Gasteiger partial charge >= 0.3 is 0 Å². The van der Waals surface area contributed by atoms with Crippen molar-refractivity contribution in [3.8, 4) is 0 Å². The number of ketones is 1. The molecule has 1 aromatic rings. The molecule has 4 unspecified atom stereocenters. The third-order valence-electron chi connectivity index (χ3n) is 5.38. The molecule has 1 N–H and O–H groups in total. The van der Waals surface area contributed by atoms with E-state index in [1.807, 2.05) is 0 Å². The maximum absolute atomic E-state index is 13.9. The second kappa shape index (κ2) is 6.67. The predicted octanol–water partition coefficient (Wildman–Crippen LogP) is 2.58. The Labute approximate surface area is 155 Å². The Kier molecular flexibility index (Phi) is 4.49. The van der Waals surface area contributed by atoms with Crippen molar-refractivity contribution in [2.75, 3.05) is 13.2 Å². The van der Waals surface area contributed by atoms with Crippen LogP contribution in [0.2, 0.25) is 5.02 Å². The number of hydrogen-bond acceptors (Lipinski definition) is 4. The van der Waals surface area contributed by atoms with Crippen LogP contribution in [0.5, 0.6) is 0 Å². The summed E-state index contributed by atoms with van der Waals surface area (Å²) in [6, 6.07) is 6.25. The molecule has 0 bridgehead atoms. The van der Waals surface area contributed by atoms with Crippen LogP contribution < -0.4 is 0 Å². The molecule has 1 aliphatic carbocycles. The summed E-state index contributed by atoms with van der Waals surface area (Å²) in [5, 5.41) is 9.87. The number of carbonyl (C=O) groups is 2. The standard InChI is InChI=1S/C19H19ClFNO4/c20-11-3-1-2-10(8-11)16-15-17(24)13-9-12(21)4-5-14(13)26-18(15)19(25)22(16)6-7-23/h1-3,8,12-14,16,23H,4-7,9H2. The molecule has 0 aromatic heterocycles. The topological polar surface area (TPSA) is 66.8 Å². The first-order chi connectivity index (χ1) is 12.5. The summed E-state index contributed by atoms with van der Waals surface area (Å²) in [6.45, 7) is -0.169.